The van der Waals surface area contributed by atoms with Crippen LogP contribution in [0.1, 0.15) is 18.9 Å². The van der Waals surface area contributed by atoms with Crippen LogP contribution in [0.15, 0.2) is 53.4 Å². The fraction of sp³-hybridized carbons (Fsp3) is 0.300. The Hall–Kier alpha value is -2.75. The van der Waals surface area contributed by atoms with Gasteiger partial charge < -0.3 is 10.1 Å². The number of sulfonamides is 1. The molecule has 1 atom stereocenters. The fourth-order valence-electron chi connectivity index (χ4n) is 3.18. The minimum atomic E-state index is -3.72. The first-order chi connectivity index (χ1) is 13.8. The van der Waals surface area contributed by atoms with Crippen molar-refractivity contribution < 1.29 is 22.7 Å². The van der Waals surface area contributed by atoms with Gasteiger partial charge in [0, 0.05) is 6.07 Å². The average Bonchev–Trinajstić information content (AvgIpc) is 2.95. The molecule has 29 heavy (non-hydrogen) atoms. The molecule has 2 aromatic carbocycles. The second-order valence-corrected chi connectivity index (χ2v) is 8.21. The second kappa shape index (κ2) is 8.73. The SMILES string of the molecule is CCOc1cccc(N2C(=O)C[C@@H](NCCc3ccc(S(N)(=O)=O)cc3)C2=O)c1. The number of primary sulfonamides is 1. The summed E-state index contributed by atoms with van der Waals surface area (Å²) < 4.78 is 28.0. The Labute approximate surface area is 169 Å². The smallest absolute Gasteiger partial charge is 0.251 e. The lowest BCUT2D eigenvalue weighted by molar-refractivity contribution is -0.121. The first kappa shape index (κ1) is 21.0. The summed E-state index contributed by atoms with van der Waals surface area (Å²) in [4.78, 5) is 26.3. The molecule has 3 rings (SSSR count). The Bertz CT molecular complexity index is 1010. The summed E-state index contributed by atoms with van der Waals surface area (Å²) in [5, 5.41) is 8.19. The molecule has 1 aliphatic heterocycles. The summed E-state index contributed by atoms with van der Waals surface area (Å²) in [5.74, 6) is 0.0387. The van der Waals surface area contributed by atoms with E-state index >= 15 is 0 Å². The molecule has 2 aromatic rings. The number of benzene rings is 2. The Kier molecular flexibility index (Phi) is 6.31. The van der Waals surface area contributed by atoms with Gasteiger partial charge in [-0.05, 0) is 49.7 Å². The minimum absolute atomic E-state index is 0.0516. The van der Waals surface area contributed by atoms with Gasteiger partial charge in [0.1, 0.15) is 5.75 Å². The van der Waals surface area contributed by atoms with Crippen molar-refractivity contribution >= 4 is 27.5 Å². The number of anilines is 1. The van der Waals surface area contributed by atoms with E-state index in [4.69, 9.17) is 9.88 Å². The van der Waals surface area contributed by atoms with Crippen molar-refractivity contribution in [3.63, 3.8) is 0 Å². The molecule has 1 aliphatic rings. The highest BCUT2D eigenvalue weighted by Crippen LogP contribution is 2.26. The first-order valence-corrected chi connectivity index (χ1v) is 10.8. The number of carbonyl (C=O) groups is 2. The van der Waals surface area contributed by atoms with Crippen LogP contribution in [-0.2, 0) is 26.0 Å². The number of hydrogen-bond donors (Lipinski definition) is 2. The normalized spacial score (nSPS) is 17.0. The lowest BCUT2D eigenvalue weighted by Crippen LogP contribution is -2.39. The van der Waals surface area contributed by atoms with Crippen molar-refractivity contribution in [1.82, 2.24) is 5.32 Å². The Morgan fingerprint density at radius 2 is 1.90 bits per heavy atom. The number of nitrogens with two attached hydrogens (primary N) is 1. The third-order valence-electron chi connectivity index (χ3n) is 4.59. The highest BCUT2D eigenvalue weighted by Gasteiger charge is 2.39. The van der Waals surface area contributed by atoms with E-state index in [-0.39, 0.29) is 23.1 Å². The lowest BCUT2D eigenvalue weighted by Gasteiger charge is -2.16. The number of imide groups is 1. The van der Waals surface area contributed by atoms with Gasteiger partial charge >= 0.3 is 0 Å². The molecule has 2 amide bonds. The Balaban J connectivity index is 1.59. The van der Waals surface area contributed by atoms with Gasteiger partial charge in [-0.2, -0.15) is 0 Å². The van der Waals surface area contributed by atoms with Crippen LogP contribution in [0.3, 0.4) is 0 Å². The largest absolute Gasteiger partial charge is 0.494 e. The van der Waals surface area contributed by atoms with Gasteiger partial charge in [0.15, 0.2) is 0 Å². The molecule has 0 saturated carbocycles. The topological polar surface area (TPSA) is 119 Å². The zero-order valence-electron chi connectivity index (χ0n) is 16.0. The van der Waals surface area contributed by atoms with E-state index in [1.54, 1.807) is 36.4 Å². The number of hydrogen-bond acceptors (Lipinski definition) is 6. The standard InChI is InChI=1S/C20H23N3O5S/c1-2-28-16-5-3-4-15(12-16)23-19(24)13-18(20(23)25)22-11-10-14-6-8-17(9-7-14)29(21,26)27/h3-9,12,18,22H,2,10-11,13H2,1H3,(H2,21,26,27)/t18-/m1/s1. The van der Waals surface area contributed by atoms with E-state index in [1.807, 2.05) is 6.92 Å². The molecule has 0 bridgehead atoms. The molecular formula is C20H23N3O5S. The molecule has 0 aliphatic carbocycles. The monoisotopic (exact) mass is 417 g/mol. The number of carbonyl (C=O) groups excluding carboxylic acids is 2. The third kappa shape index (κ3) is 5.00. The maximum absolute atomic E-state index is 12.7. The van der Waals surface area contributed by atoms with Gasteiger partial charge in [-0.3, -0.25) is 9.59 Å². The Morgan fingerprint density at radius 1 is 1.17 bits per heavy atom. The fourth-order valence-corrected chi connectivity index (χ4v) is 3.69. The van der Waals surface area contributed by atoms with Crippen LogP contribution in [0, 0.1) is 0 Å². The van der Waals surface area contributed by atoms with E-state index in [9.17, 15) is 18.0 Å². The molecule has 1 saturated heterocycles. The maximum atomic E-state index is 12.7. The number of nitrogens with one attached hydrogen (secondary N) is 1. The van der Waals surface area contributed by atoms with Crippen LogP contribution in [0.4, 0.5) is 5.69 Å². The zero-order chi connectivity index (χ0) is 21.0. The molecule has 154 valence electrons. The van der Waals surface area contributed by atoms with Crippen molar-refractivity contribution in [1.29, 1.82) is 0 Å². The van der Waals surface area contributed by atoms with Gasteiger partial charge in [0.25, 0.3) is 5.91 Å². The highest BCUT2D eigenvalue weighted by atomic mass is 32.2. The molecule has 0 spiro atoms. The summed E-state index contributed by atoms with van der Waals surface area (Å²) >= 11 is 0. The molecule has 8 nitrogen and oxygen atoms in total. The number of rotatable bonds is 8. The summed E-state index contributed by atoms with van der Waals surface area (Å²) in [7, 11) is -3.72. The van der Waals surface area contributed by atoms with Crippen LogP contribution in [0.5, 0.6) is 5.75 Å². The quantitative estimate of drug-likeness (QED) is 0.623. The van der Waals surface area contributed by atoms with Crippen LogP contribution in [0.2, 0.25) is 0 Å². The van der Waals surface area contributed by atoms with E-state index < -0.39 is 16.1 Å². The van der Waals surface area contributed by atoms with Gasteiger partial charge in [-0.25, -0.2) is 18.5 Å². The van der Waals surface area contributed by atoms with Gasteiger partial charge in [0.05, 0.1) is 29.7 Å². The lowest BCUT2D eigenvalue weighted by atomic mass is 10.1. The summed E-state index contributed by atoms with van der Waals surface area (Å²) in [6, 6.07) is 12.5. The van der Waals surface area contributed by atoms with Crippen molar-refractivity contribution in [2.45, 2.75) is 30.7 Å². The van der Waals surface area contributed by atoms with Gasteiger partial charge in [0.2, 0.25) is 15.9 Å². The molecule has 0 unspecified atom stereocenters. The molecule has 0 aromatic heterocycles. The van der Waals surface area contributed by atoms with Crippen LogP contribution in [-0.4, -0.2) is 39.4 Å². The van der Waals surface area contributed by atoms with E-state index in [0.29, 0.717) is 31.0 Å². The van der Waals surface area contributed by atoms with Crippen molar-refractivity contribution in [3.05, 3.63) is 54.1 Å². The van der Waals surface area contributed by atoms with Crippen LogP contribution in [0.25, 0.3) is 0 Å². The summed E-state index contributed by atoms with van der Waals surface area (Å²) in [6.07, 6.45) is 0.657. The number of ether oxygens (including phenoxy) is 1. The summed E-state index contributed by atoms with van der Waals surface area (Å²) in [5.41, 5.74) is 1.39. The number of nitrogens with zero attached hydrogens (tertiary/aromatic N) is 1. The van der Waals surface area contributed by atoms with Crippen molar-refractivity contribution in [2.24, 2.45) is 5.14 Å². The summed E-state index contributed by atoms with van der Waals surface area (Å²) in [6.45, 7) is 2.82. The minimum Gasteiger partial charge on any atom is -0.494 e. The van der Waals surface area contributed by atoms with Crippen molar-refractivity contribution in [3.8, 4) is 5.75 Å². The molecule has 1 fully saturated rings. The molecule has 1 heterocycles. The second-order valence-electron chi connectivity index (χ2n) is 6.65. The van der Waals surface area contributed by atoms with Crippen molar-refractivity contribution in [2.75, 3.05) is 18.1 Å². The van der Waals surface area contributed by atoms with E-state index in [1.165, 1.54) is 17.0 Å². The average molecular weight is 417 g/mol. The molecule has 0 radical (unpaired) electrons. The molecule has 3 N–H and O–H groups in total. The predicted octanol–water partition coefficient (Wildman–Crippen LogP) is 1.20. The van der Waals surface area contributed by atoms with Gasteiger partial charge in [-0.1, -0.05) is 18.2 Å². The van der Waals surface area contributed by atoms with E-state index in [0.717, 1.165) is 5.56 Å². The third-order valence-corrected chi connectivity index (χ3v) is 5.52. The molecular weight excluding hydrogens is 394 g/mol. The van der Waals surface area contributed by atoms with Gasteiger partial charge in [-0.15, -0.1) is 0 Å². The highest BCUT2D eigenvalue weighted by molar-refractivity contribution is 7.89. The van der Waals surface area contributed by atoms with E-state index in [2.05, 4.69) is 5.32 Å². The maximum Gasteiger partial charge on any atom is 0.251 e. The van der Waals surface area contributed by atoms with Crippen LogP contribution >= 0.6 is 0 Å². The molecule has 9 heteroatoms. The Morgan fingerprint density at radius 3 is 2.55 bits per heavy atom. The zero-order valence-corrected chi connectivity index (χ0v) is 16.8. The predicted molar refractivity (Wildman–Crippen MR) is 108 cm³/mol. The number of amides is 2. The first-order valence-electron chi connectivity index (χ1n) is 9.24. The van der Waals surface area contributed by atoms with Crippen LogP contribution < -0.4 is 20.1 Å².